The van der Waals surface area contributed by atoms with Gasteiger partial charge in [0.05, 0.1) is 16.8 Å². The molecule has 1 aliphatic rings. The molecule has 0 aliphatic carbocycles. The van der Waals surface area contributed by atoms with Gasteiger partial charge in [-0.2, -0.15) is 0 Å². The SMILES string of the molecule is CN(C)C(=O)c1cc(B2OC(C)(C)C(C)(C)O2)ccc1N. The van der Waals surface area contributed by atoms with Crippen molar-refractivity contribution in [3.63, 3.8) is 0 Å². The van der Waals surface area contributed by atoms with Gasteiger partial charge in [0.25, 0.3) is 5.91 Å². The maximum Gasteiger partial charge on any atom is 0.494 e. The van der Waals surface area contributed by atoms with Crippen LogP contribution in [-0.2, 0) is 9.31 Å². The summed E-state index contributed by atoms with van der Waals surface area (Å²) in [5, 5.41) is 0. The molecule has 1 saturated heterocycles. The fourth-order valence-electron chi connectivity index (χ4n) is 2.13. The minimum atomic E-state index is -0.496. The topological polar surface area (TPSA) is 64.8 Å². The lowest BCUT2D eigenvalue weighted by Crippen LogP contribution is -2.41. The smallest absolute Gasteiger partial charge is 0.399 e. The van der Waals surface area contributed by atoms with Crippen molar-refractivity contribution in [3.8, 4) is 0 Å². The molecule has 0 saturated carbocycles. The number of amides is 1. The average molecular weight is 290 g/mol. The summed E-state index contributed by atoms with van der Waals surface area (Å²) in [6, 6.07) is 5.31. The fraction of sp³-hybridized carbons (Fsp3) is 0.533. The Morgan fingerprint density at radius 3 is 2.14 bits per heavy atom. The molecule has 1 amide bonds. The molecule has 5 nitrogen and oxygen atoms in total. The number of rotatable bonds is 2. The molecule has 0 unspecified atom stereocenters. The van der Waals surface area contributed by atoms with Crippen LogP contribution in [0.3, 0.4) is 0 Å². The maximum absolute atomic E-state index is 12.2. The van der Waals surface area contributed by atoms with E-state index in [-0.39, 0.29) is 5.91 Å². The normalized spacial score (nSPS) is 19.6. The average Bonchev–Trinajstić information content (AvgIpc) is 2.58. The van der Waals surface area contributed by atoms with Gasteiger partial charge in [-0.25, -0.2) is 0 Å². The molecular weight excluding hydrogens is 267 g/mol. The lowest BCUT2D eigenvalue weighted by molar-refractivity contribution is 0.00578. The van der Waals surface area contributed by atoms with E-state index in [0.29, 0.717) is 11.3 Å². The van der Waals surface area contributed by atoms with E-state index in [4.69, 9.17) is 15.0 Å². The van der Waals surface area contributed by atoms with E-state index < -0.39 is 18.3 Å². The van der Waals surface area contributed by atoms with Gasteiger partial charge < -0.3 is 19.9 Å². The van der Waals surface area contributed by atoms with Crippen LogP contribution >= 0.6 is 0 Å². The molecule has 1 heterocycles. The van der Waals surface area contributed by atoms with Crippen molar-refractivity contribution in [3.05, 3.63) is 23.8 Å². The van der Waals surface area contributed by atoms with Crippen LogP contribution < -0.4 is 11.2 Å². The first-order valence-corrected chi connectivity index (χ1v) is 7.02. The molecule has 0 radical (unpaired) electrons. The molecule has 2 rings (SSSR count). The van der Waals surface area contributed by atoms with Crippen molar-refractivity contribution in [2.24, 2.45) is 0 Å². The number of nitrogens with zero attached hydrogens (tertiary/aromatic N) is 1. The molecule has 114 valence electrons. The number of nitrogen functional groups attached to an aromatic ring is 1. The van der Waals surface area contributed by atoms with Crippen LogP contribution in [0.25, 0.3) is 0 Å². The minimum Gasteiger partial charge on any atom is -0.399 e. The summed E-state index contributed by atoms with van der Waals surface area (Å²) in [7, 11) is 2.90. The molecule has 0 atom stereocenters. The first-order chi connectivity index (χ1) is 9.55. The molecule has 1 aromatic rings. The summed E-state index contributed by atoms with van der Waals surface area (Å²) in [6.45, 7) is 7.98. The van der Waals surface area contributed by atoms with E-state index in [1.807, 2.05) is 33.8 Å². The summed E-state index contributed by atoms with van der Waals surface area (Å²) >= 11 is 0. The van der Waals surface area contributed by atoms with Gasteiger partial charge in [0.2, 0.25) is 0 Å². The number of carbonyl (C=O) groups is 1. The number of anilines is 1. The number of hydrogen-bond acceptors (Lipinski definition) is 4. The van der Waals surface area contributed by atoms with Crippen LogP contribution in [0.2, 0.25) is 0 Å². The monoisotopic (exact) mass is 290 g/mol. The second-order valence-corrected chi connectivity index (χ2v) is 6.63. The zero-order valence-corrected chi connectivity index (χ0v) is 13.6. The van der Waals surface area contributed by atoms with Crippen molar-refractivity contribution in [1.29, 1.82) is 0 Å². The molecule has 2 N–H and O–H groups in total. The molecule has 1 aromatic carbocycles. The summed E-state index contributed by atoms with van der Waals surface area (Å²) in [6.07, 6.45) is 0. The van der Waals surface area contributed by atoms with Gasteiger partial charge >= 0.3 is 7.12 Å². The van der Waals surface area contributed by atoms with Gasteiger partial charge in [-0.3, -0.25) is 4.79 Å². The third-order valence-corrected chi connectivity index (χ3v) is 4.24. The standard InChI is InChI=1S/C15H23BN2O3/c1-14(2)15(3,4)21-16(20-14)10-7-8-12(17)11(9-10)13(19)18(5)6/h7-9H,17H2,1-6H3. The second-order valence-electron chi connectivity index (χ2n) is 6.63. The van der Waals surface area contributed by atoms with Crippen molar-refractivity contribution < 1.29 is 14.1 Å². The van der Waals surface area contributed by atoms with Crippen LogP contribution in [0.1, 0.15) is 38.1 Å². The first kappa shape index (κ1) is 15.9. The Morgan fingerprint density at radius 2 is 1.67 bits per heavy atom. The lowest BCUT2D eigenvalue weighted by Gasteiger charge is -2.32. The number of carbonyl (C=O) groups excluding carboxylic acids is 1. The summed E-state index contributed by atoms with van der Waals surface area (Å²) in [5.74, 6) is -0.133. The molecule has 1 aliphatic heterocycles. The van der Waals surface area contributed by atoms with Crippen LogP contribution in [0.4, 0.5) is 5.69 Å². The number of benzene rings is 1. The third-order valence-electron chi connectivity index (χ3n) is 4.24. The van der Waals surface area contributed by atoms with E-state index in [1.54, 1.807) is 26.2 Å². The van der Waals surface area contributed by atoms with Gasteiger partial charge in [0.15, 0.2) is 0 Å². The highest BCUT2D eigenvalue weighted by Gasteiger charge is 2.51. The van der Waals surface area contributed by atoms with E-state index >= 15 is 0 Å². The Labute approximate surface area is 126 Å². The van der Waals surface area contributed by atoms with Crippen molar-refractivity contribution in [2.75, 3.05) is 19.8 Å². The van der Waals surface area contributed by atoms with Gasteiger partial charge in [-0.05, 0) is 45.3 Å². The van der Waals surface area contributed by atoms with Crippen molar-refractivity contribution in [2.45, 2.75) is 38.9 Å². The summed E-state index contributed by atoms with van der Waals surface area (Å²) in [4.78, 5) is 13.7. The quantitative estimate of drug-likeness (QED) is 0.658. The van der Waals surface area contributed by atoms with Crippen LogP contribution in [0.15, 0.2) is 18.2 Å². The molecule has 0 bridgehead atoms. The van der Waals surface area contributed by atoms with Crippen LogP contribution in [0.5, 0.6) is 0 Å². The van der Waals surface area contributed by atoms with Gasteiger partial charge in [-0.15, -0.1) is 0 Å². The summed E-state index contributed by atoms with van der Waals surface area (Å²) < 4.78 is 12.0. The van der Waals surface area contributed by atoms with Crippen molar-refractivity contribution >= 4 is 24.2 Å². The zero-order chi connectivity index (χ0) is 16.0. The maximum atomic E-state index is 12.2. The number of nitrogens with two attached hydrogens (primary N) is 1. The predicted octanol–water partition coefficient (Wildman–Crippen LogP) is 1.27. The van der Waals surface area contributed by atoms with E-state index in [1.165, 1.54) is 4.90 Å². The Hall–Kier alpha value is -1.53. The fourth-order valence-corrected chi connectivity index (χ4v) is 2.13. The predicted molar refractivity (Wildman–Crippen MR) is 84.6 cm³/mol. The van der Waals surface area contributed by atoms with Crippen molar-refractivity contribution in [1.82, 2.24) is 4.90 Å². The van der Waals surface area contributed by atoms with E-state index in [2.05, 4.69) is 0 Å². The largest absolute Gasteiger partial charge is 0.494 e. The Morgan fingerprint density at radius 1 is 1.14 bits per heavy atom. The molecule has 0 aromatic heterocycles. The molecule has 21 heavy (non-hydrogen) atoms. The second kappa shape index (κ2) is 5.03. The third kappa shape index (κ3) is 2.78. The highest BCUT2D eigenvalue weighted by atomic mass is 16.7. The van der Waals surface area contributed by atoms with E-state index in [9.17, 15) is 4.79 Å². The highest BCUT2D eigenvalue weighted by Crippen LogP contribution is 2.36. The zero-order valence-electron chi connectivity index (χ0n) is 13.6. The molecule has 1 fully saturated rings. The highest BCUT2D eigenvalue weighted by molar-refractivity contribution is 6.62. The molecule has 6 heteroatoms. The molecular formula is C15H23BN2O3. The Kier molecular flexibility index (Phi) is 3.80. The Balaban J connectivity index is 2.35. The Bertz CT molecular complexity index is 554. The van der Waals surface area contributed by atoms with E-state index in [0.717, 1.165) is 5.46 Å². The van der Waals surface area contributed by atoms with Gasteiger partial charge in [-0.1, -0.05) is 6.07 Å². The van der Waals surface area contributed by atoms with Crippen LogP contribution in [-0.4, -0.2) is 43.2 Å². The number of hydrogen-bond donors (Lipinski definition) is 1. The lowest BCUT2D eigenvalue weighted by atomic mass is 9.78. The van der Waals surface area contributed by atoms with Crippen LogP contribution in [0, 0.1) is 0 Å². The first-order valence-electron chi connectivity index (χ1n) is 7.02. The minimum absolute atomic E-state index is 0.133. The molecule has 0 spiro atoms. The van der Waals surface area contributed by atoms with Gasteiger partial charge in [0, 0.05) is 19.8 Å². The summed E-state index contributed by atoms with van der Waals surface area (Å²) in [5.41, 5.74) is 6.80. The van der Waals surface area contributed by atoms with Gasteiger partial charge in [0.1, 0.15) is 0 Å².